The molecule has 1 rings (SSSR count). The molecular weight excluding hydrogens is 531 g/mol. The van der Waals surface area contributed by atoms with Gasteiger partial charge >= 0.3 is 5.97 Å². The summed E-state index contributed by atoms with van der Waals surface area (Å²) in [5.41, 5.74) is 6.84. The number of nitrogens with two attached hydrogens (primary N) is 1. The highest BCUT2D eigenvalue weighted by Gasteiger charge is 2.21. The summed E-state index contributed by atoms with van der Waals surface area (Å²) in [6.07, 6.45) is 20.6. The van der Waals surface area contributed by atoms with E-state index in [1.807, 2.05) is 0 Å². The van der Waals surface area contributed by atoms with Crippen molar-refractivity contribution < 1.29 is 14.6 Å². The normalized spacial score (nSPS) is 12.3. The Kier molecular flexibility index (Phi) is 22.7. The van der Waals surface area contributed by atoms with Gasteiger partial charge in [0.25, 0.3) is 0 Å². The highest BCUT2D eigenvalue weighted by molar-refractivity contribution is 6.38. The van der Waals surface area contributed by atoms with Crippen LogP contribution in [0.5, 0.6) is 0 Å². The Morgan fingerprint density at radius 3 is 1.87 bits per heavy atom. The van der Waals surface area contributed by atoms with Crippen LogP contribution < -0.4 is 11.1 Å². The van der Waals surface area contributed by atoms with Gasteiger partial charge in [0, 0.05) is 25.1 Å². The number of rotatable bonds is 19. The number of carbonyl (C=O) groups is 1. The van der Waals surface area contributed by atoms with Gasteiger partial charge in [0.15, 0.2) is 0 Å². The first kappa shape index (κ1) is 37.7. The van der Waals surface area contributed by atoms with Gasteiger partial charge in [-0.3, -0.25) is 4.79 Å². The van der Waals surface area contributed by atoms with E-state index in [1.165, 1.54) is 57.8 Å². The predicted molar refractivity (Wildman–Crippen MR) is 170 cm³/mol. The minimum Gasteiger partial charge on any atom is -0.456 e. The lowest BCUT2D eigenvalue weighted by Crippen LogP contribution is -2.39. The van der Waals surface area contributed by atoms with Crippen molar-refractivity contribution in [3.8, 4) is 0 Å². The molecule has 1 unspecified atom stereocenters. The first-order valence-corrected chi connectivity index (χ1v) is 15.8. The summed E-state index contributed by atoms with van der Waals surface area (Å²) in [6, 6.07) is 3.46. The molecule has 0 amide bonds. The van der Waals surface area contributed by atoms with Crippen LogP contribution in [-0.2, 0) is 9.53 Å². The zero-order valence-electron chi connectivity index (χ0n) is 25.3. The Balaban J connectivity index is 0.00000458. The van der Waals surface area contributed by atoms with Crippen molar-refractivity contribution in [3.05, 3.63) is 39.9 Å². The smallest absolute Gasteiger partial charge is 0.306 e. The third-order valence-corrected chi connectivity index (χ3v) is 6.83. The van der Waals surface area contributed by atoms with Crippen LogP contribution in [0, 0.1) is 0 Å². The lowest BCUT2D eigenvalue weighted by atomic mass is 10.1. The fourth-order valence-electron chi connectivity index (χ4n) is 3.97. The summed E-state index contributed by atoms with van der Waals surface area (Å²) in [5.74, 6) is -0.197. The van der Waals surface area contributed by atoms with Crippen LogP contribution in [0.25, 0.3) is 0 Å². The van der Waals surface area contributed by atoms with E-state index in [0.29, 0.717) is 28.7 Å². The average molecular weight is 588 g/mol. The number of benzene rings is 1. The molecular formula is C32H56Cl2N2O3. The number of allylic oxidation sites excluding steroid dienone is 2. The molecule has 0 aliphatic carbocycles. The van der Waals surface area contributed by atoms with E-state index in [-0.39, 0.29) is 18.1 Å². The third-order valence-electron chi connectivity index (χ3n) is 6.21. The molecule has 0 saturated heterocycles. The minimum absolute atomic E-state index is 0.116. The van der Waals surface area contributed by atoms with Gasteiger partial charge in [0.1, 0.15) is 6.10 Å². The van der Waals surface area contributed by atoms with E-state index in [0.717, 1.165) is 31.2 Å². The number of anilines is 1. The van der Waals surface area contributed by atoms with Gasteiger partial charge in [0.2, 0.25) is 0 Å². The fraction of sp³-hybridized carbons (Fsp3) is 0.719. The Morgan fingerprint density at radius 2 is 1.38 bits per heavy atom. The van der Waals surface area contributed by atoms with E-state index < -0.39 is 6.10 Å². The van der Waals surface area contributed by atoms with E-state index in [4.69, 9.17) is 38.8 Å². The van der Waals surface area contributed by atoms with Gasteiger partial charge in [-0.1, -0.05) is 93.6 Å². The number of nitrogen functional groups attached to an aromatic ring is 1. The molecule has 0 heterocycles. The predicted octanol–water partition coefficient (Wildman–Crippen LogP) is 9.58. The van der Waals surface area contributed by atoms with E-state index >= 15 is 0 Å². The maximum atomic E-state index is 12.6. The molecule has 1 aromatic carbocycles. The molecule has 0 spiro atoms. The summed E-state index contributed by atoms with van der Waals surface area (Å²) in [4.78, 5) is 12.6. The number of unbranched alkanes of at least 4 members (excludes halogenated alkanes) is 11. The van der Waals surface area contributed by atoms with Crippen LogP contribution in [0.4, 0.5) is 5.69 Å². The van der Waals surface area contributed by atoms with Crippen molar-refractivity contribution >= 4 is 34.9 Å². The Bertz CT molecular complexity index is 771. The highest BCUT2D eigenvalue weighted by Crippen LogP contribution is 2.32. The molecule has 0 aromatic heterocycles. The maximum absolute atomic E-state index is 12.6. The van der Waals surface area contributed by atoms with Crippen LogP contribution >= 0.6 is 23.2 Å². The second-order valence-corrected chi connectivity index (χ2v) is 12.0. The lowest BCUT2D eigenvalue weighted by molar-refractivity contribution is -0.149. The van der Waals surface area contributed by atoms with Crippen LogP contribution in [0.3, 0.4) is 0 Å². The maximum Gasteiger partial charge on any atom is 0.306 e. The molecule has 0 aliphatic heterocycles. The van der Waals surface area contributed by atoms with E-state index in [1.54, 1.807) is 19.1 Å². The van der Waals surface area contributed by atoms with Gasteiger partial charge in [-0.2, -0.15) is 0 Å². The van der Waals surface area contributed by atoms with Crippen LogP contribution in [-0.4, -0.2) is 29.8 Å². The van der Waals surface area contributed by atoms with Crippen LogP contribution in [0.1, 0.15) is 136 Å². The largest absolute Gasteiger partial charge is 0.456 e. The third kappa shape index (κ3) is 21.2. The summed E-state index contributed by atoms with van der Waals surface area (Å²) in [7, 11) is 0. The fourth-order valence-corrected chi connectivity index (χ4v) is 4.48. The average Bonchev–Trinajstić information content (AvgIpc) is 2.87. The zero-order chi connectivity index (χ0) is 29.5. The standard InChI is InChI=1S/C30H50Cl2N2O2.C2H6O/c1-5-6-7-8-9-10-11-12-13-14-15-16-17-18-19-20-28(35)36-27(23-34-30(2,3)4)24-21-25(31)29(33)26(32)22-24;1-2-3/h12-13,21-22,27,34H,5-11,14-20,23,33H2,1-4H3;3H,2H2,1H3/b13-12-;. The Morgan fingerprint density at radius 1 is 0.923 bits per heavy atom. The monoisotopic (exact) mass is 586 g/mol. The molecule has 0 radical (unpaired) electrons. The molecule has 0 saturated carbocycles. The first-order chi connectivity index (χ1) is 18.6. The van der Waals surface area contributed by atoms with Gasteiger partial charge in [-0.25, -0.2) is 0 Å². The number of esters is 1. The molecule has 0 fully saturated rings. The zero-order valence-corrected chi connectivity index (χ0v) is 26.8. The topological polar surface area (TPSA) is 84.6 Å². The minimum atomic E-state index is -0.476. The van der Waals surface area contributed by atoms with Gasteiger partial charge in [0.05, 0.1) is 15.7 Å². The van der Waals surface area contributed by atoms with Crippen LogP contribution in [0.2, 0.25) is 10.0 Å². The molecule has 226 valence electrons. The van der Waals surface area contributed by atoms with Crippen molar-refractivity contribution in [3.63, 3.8) is 0 Å². The second kappa shape index (κ2) is 23.4. The van der Waals surface area contributed by atoms with Crippen molar-refractivity contribution in [2.24, 2.45) is 0 Å². The van der Waals surface area contributed by atoms with E-state index in [9.17, 15) is 4.79 Å². The number of halogens is 2. The molecule has 1 aromatic rings. The Hall–Kier alpha value is -1.27. The summed E-state index contributed by atoms with van der Waals surface area (Å²) in [6.45, 7) is 10.9. The number of hydrogen-bond donors (Lipinski definition) is 3. The van der Waals surface area contributed by atoms with Gasteiger partial charge in [-0.15, -0.1) is 0 Å². The number of aliphatic hydroxyl groups excluding tert-OH is 1. The molecule has 1 atom stereocenters. The molecule has 7 heteroatoms. The molecule has 4 N–H and O–H groups in total. The van der Waals surface area contributed by atoms with Crippen molar-refractivity contribution in [2.45, 2.75) is 136 Å². The molecule has 5 nitrogen and oxygen atoms in total. The second-order valence-electron chi connectivity index (χ2n) is 11.2. The van der Waals surface area contributed by atoms with Gasteiger partial charge in [-0.05, 0) is 77.5 Å². The van der Waals surface area contributed by atoms with Crippen molar-refractivity contribution in [1.82, 2.24) is 5.32 Å². The summed E-state index contributed by atoms with van der Waals surface area (Å²) >= 11 is 12.4. The quantitative estimate of drug-likeness (QED) is 0.0650. The first-order valence-electron chi connectivity index (χ1n) is 15.0. The van der Waals surface area contributed by atoms with Crippen molar-refractivity contribution in [2.75, 3.05) is 18.9 Å². The molecule has 0 aliphatic rings. The number of carbonyl (C=O) groups excluding carboxylic acids is 1. The lowest BCUT2D eigenvalue weighted by Gasteiger charge is -2.26. The number of hydrogen-bond acceptors (Lipinski definition) is 5. The summed E-state index contributed by atoms with van der Waals surface area (Å²) < 4.78 is 5.83. The Labute approximate surface area is 249 Å². The molecule has 39 heavy (non-hydrogen) atoms. The van der Waals surface area contributed by atoms with E-state index in [2.05, 4.69) is 45.2 Å². The SMILES string of the molecule is CCCCCCCC/C=C\CCCCCCCC(=O)OC(CNC(C)(C)C)c1cc(Cl)c(N)c(Cl)c1.CCO. The number of ether oxygens (including phenoxy) is 1. The number of aliphatic hydroxyl groups is 1. The van der Waals surface area contributed by atoms with Gasteiger partial charge < -0.3 is 20.9 Å². The summed E-state index contributed by atoms with van der Waals surface area (Å²) in [5, 5.41) is 11.7. The van der Waals surface area contributed by atoms with Crippen molar-refractivity contribution in [1.29, 1.82) is 0 Å². The van der Waals surface area contributed by atoms with Crippen LogP contribution in [0.15, 0.2) is 24.3 Å². The number of nitrogens with one attached hydrogen (secondary N) is 1. The highest BCUT2D eigenvalue weighted by atomic mass is 35.5. The molecule has 0 bridgehead atoms.